The number of hydrogen-bond acceptors (Lipinski definition) is 9. The van der Waals surface area contributed by atoms with Gasteiger partial charge in [-0.2, -0.15) is 0 Å². The van der Waals surface area contributed by atoms with Crippen molar-refractivity contribution in [3.8, 4) is 0 Å². The van der Waals surface area contributed by atoms with Crippen LogP contribution in [0.2, 0.25) is 0 Å². The highest BCUT2D eigenvalue weighted by Crippen LogP contribution is 2.25. The summed E-state index contributed by atoms with van der Waals surface area (Å²) in [6.07, 6.45) is -7.41. The summed E-state index contributed by atoms with van der Waals surface area (Å²) in [7, 11) is 0. The minimum atomic E-state index is -1.18. The predicted octanol–water partition coefficient (Wildman–Crippen LogP) is -2.29. The lowest BCUT2D eigenvalue weighted by molar-refractivity contribution is -0.291. The smallest absolute Gasteiger partial charge is 0.160 e. The van der Waals surface area contributed by atoms with Gasteiger partial charge < -0.3 is 44.5 Å². The Hall–Kier alpha value is -0.360. The molecule has 0 bridgehead atoms. The van der Waals surface area contributed by atoms with Gasteiger partial charge in [0.25, 0.3) is 0 Å². The molecule has 9 nitrogen and oxygen atoms in total. The van der Waals surface area contributed by atoms with Gasteiger partial charge in [-0.25, -0.2) is 0 Å². The number of rotatable bonds is 6. The van der Waals surface area contributed by atoms with Gasteiger partial charge in [0, 0.05) is 19.4 Å². The number of aliphatic hydroxyl groups is 5. The minimum Gasteiger partial charge on any atom is -0.394 e. The summed E-state index contributed by atoms with van der Waals surface area (Å²) in [4.78, 5) is 0. The molecule has 5 N–H and O–H groups in total. The van der Waals surface area contributed by atoms with Gasteiger partial charge in [-0.15, -0.1) is 0 Å². The van der Waals surface area contributed by atoms with Gasteiger partial charge in [0.1, 0.15) is 24.4 Å². The van der Waals surface area contributed by atoms with Crippen LogP contribution in [0.15, 0.2) is 0 Å². The van der Waals surface area contributed by atoms with E-state index < -0.39 is 55.8 Å². The van der Waals surface area contributed by atoms with Crippen LogP contribution in [0, 0.1) is 0 Å². The monoisotopic (exact) mass is 338 g/mol. The molecule has 23 heavy (non-hydrogen) atoms. The highest BCUT2D eigenvalue weighted by atomic mass is 16.7. The van der Waals surface area contributed by atoms with E-state index in [0.717, 1.165) is 0 Å². The standard InChI is InChI=1S/C14H26O9/c1-2-20-11-3-8(17)14(19)10(23-11)6-21-12-4-7(16)13(18)9(5-15)22-12/h7-19H,2-6H2,1H3/t7?,8-,9-,10?,11?,12+,13+,14?/m1/s1. The van der Waals surface area contributed by atoms with Crippen molar-refractivity contribution in [3.63, 3.8) is 0 Å². The van der Waals surface area contributed by atoms with Crippen LogP contribution in [-0.2, 0) is 18.9 Å². The predicted molar refractivity (Wildman–Crippen MR) is 75.2 cm³/mol. The molecule has 2 saturated heterocycles. The lowest BCUT2D eigenvalue weighted by Crippen LogP contribution is -2.53. The SMILES string of the molecule is CCOC1C[C@@H](O)C(O)C(CO[C@@H]2CC(O)[C@H](O)[C@@H](CO)O2)O1. The molecule has 0 amide bonds. The summed E-state index contributed by atoms with van der Waals surface area (Å²) in [6, 6.07) is 0. The molecule has 2 rings (SSSR count). The van der Waals surface area contributed by atoms with Crippen LogP contribution in [0.3, 0.4) is 0 Å². The Labute approximate surface area is 134 Å². The highest BCUT2D eigenvalue weighted by molar-refractivity contribution is 4.85. The van der Waals surface area contributed by atoms with Gasteiger partial charge in [-0.3, -0.25) is 0 Å². The molecule has 4 unspecified atom stereocenters. The molecule has 9 heteroatoms. The summed E-state index contributed by atoms with van der Waals surface area (Å²) in [6.45, 7) is 1.66. The molecule has 2 aliphatic rings. The Balaban J connectivity index is 1.86. The van der Waals surface area contributed by atoms with Crippen LogP contribution in [0.4, 0.5) is 0 Å². The van der Waals surface area contributed by atoms with Gasteiger partial charge in [0.2, 0.25) is 0 Å². The molecule has 0 aliphatic carbocycles. The second-order valence-corrected chi connectivity index (χ2v) is 5.77. The third kappa shape index (κ3) is 4.81. The lowest BCUT2D eigenvalue weighted by Gasteiger charge is -2.39. The molecule has 0 aromatic carbocycles. The van der Waals surface area contributed by atoms with Crippen LogP contribution in [0.25, 0.3) is 0 Å². The molecule has 2 fully saturated rings. The van der Waals surface area contributed by atoms with E-state index in [9.17, 15) is 20.4 Å². The van der Waals surface area contributed by atoms with E-state index in [0.29, 0.717) is 6.61 Å². The minimum absolute atomic E-state index is 0.0257. The van der Waals surface area contributed by atoms with Crippen molar-refractivity contribution in [1.82, 2.24) is 0 Å². The molecule has 2 aliphatic heterocycles. The van der Waals surface area contributed by atoms with Crippen LogP contribution >= 0.6 is 0 Å². The Morgan fingerprint density at radius 2 is 1.39 bits per heavy atom. The maximum absolute atomic E-state index is 9.96. The van der Waals surface area contributed by atoms with E-state index in [2.05, 4.69) is 0 Å². The van der Waals surface area contributed by atoms with Crippen LogP contribution in [0.5, 0.6) is 0 Å². The summed E-state index contributed by atoms with van der Waals surface area (Å²) in [5.74, 6) is 0. The number of aliphatic hydroxyl groups excluding tert-OH is 5. The average molecular weight is 338 g/mol. The fraction of sp³-hybridized carbons (Fsp3) is 1.00. The zero-order valence-corrected chi connectivity index (χ0v) is 13.0. The number of ether oxygens (including phenoxy) is 4. The van der Waals surface area contributed by atoms with E-state index in [1.54, 1.807) is 6.92 Å². The van der Waals surface area contributed by atoms with E-state index in [4.69, 9.17) is 24.1 Å². The van der Waals surface area contributed by atoms with Crippen molar-refractivity contribution >= 4 is 0 Å². The molecule has 2 heterocycles. The van der Waals surface area contributed by atoms with E-state index in [1.165, 1.54) is 0 Å². The Morgan fingerprint density at radius 3 is 1.96 bits per heavy atom. The summed E-state index contributed by atoms with van der Waals surface area (Å²) in [5.41, 5.74) is 0. The average Bonchev–Trinajstić information content (AvgIpc) is 2.52. The Morgan fingerprint density at radius 1 is 0.870 bits per heavy atom. The topological polar surface area (TPSA) is 138 Å². The summed E-state index contributed by atoms with van der Waals surface area (Å²) < 4.78 is 21.6. The highest BCUT2D eigenvalue weighted by Gasteiger charge is 2.40. The van der Waals surface area contributed by atoms with Gasteiger partial charge in [0.15, 0.2) is 12.6 Å². The molecule has 0 saturated carbocycles. The van der Waals surface area contributed by atoms with Crippen LogP contribution < -0.4 is 0 Å². The first-order valence-corrected chi connectivity index (χ1v) is 7.83. The van der Waals surface area contributed by atoms with Crippen molar-refractivity contribution in [3.05, 3.63) is 0 Å². The fourth-order valence-electron chi connectivity index (χ4n) is 2.72. The molecule has 0 spiro atoms. The van der Waals surface area contributed by atoms with Gasteiger partial charge in [0.05, 0.1) is 25.4 Å². The van der Waals surface area contributed by atoms with Gasteiger partial charge in [-0.05, 0) is 6.92 Å². The first-order chi connectivity index (χ1) is 11.0. The Kier molecular flexibility index (Phi) is 7.14. The van der Waals surface area contributed by atoms with E-state index in [1.807, 2.05) is 0 Å². The molecule has 0 aromatic heterocycles. The van der Waals surface area contributed by atoms with E-state index in [-0.39, 0.29) is 19.4 Å². The normalized spacial score (nSPS) is 45.1. The third-order valence-corrected chi connectivity index (χ3v) is 4.05. The first-order valence-electron chi connectivity index (χ1n) is 7.83. The Bertz CT molecular complexity index is 355. The van der Waals surface area contributed by atoms with Crippen molar-refractivity contribution in [2.75, 3.05) is 19.8 Å². The maximum atomic E-state index is 9.96. The van der Waals surface area contributed by atoms with Crippen molar-refractivity contribution in [2.24, 2.45) is 0 Å². The number of hydrogen-bond donors (Lipinski definition) is 5. The maximum Gasteiger partial charge on any atom is 0.160 e. The molecule has 0 radical (unpaired) electrons. The molecule has 136 valence electrons. The summed E-state index contributed by atoms with van der Waals surface area (Å²) in [5, 5.41) is 48.3. The van der Waals surface area contributed by atoms with Gasteiger partial charge in [-0.1, -0.05) is 0 Å². The second kappa shape index (κ2) is 8.65. The molecular formula is C14H26O9. The van der Waals surface area contributed by atoms with Crippen molar-refractivity contribution in [1.29, 1.82) is 0 Å². The van der Waals surface area contributed by atoms with Crippen molar-refractivity contribution in [2.45, 2.75) is 69.0 Å². The lowest BCUT2D eigenvalue weighted by atomic mass is 10.0. The van der Waals surface area contributed by atoms with Crippen LogP contribution in [0.1, 0.15) is 19.8 Å². The largest absolute Gasteiger partial charge is 0.394 e. The zero-order chi connectivity index (χ0) is 17.0. The quantitative estimate of drug-likeness (QED) is 0.362. The first kappa shape index (κ1) is 19.0. The molecule has 0 aromatic rings. The van der Waals surface area contributed by atoms with Crippen molar-refractivity contribution < 1.29 is 44.5 Å². The third-order valence-electron chi connectivity index (χ3n) is 4.05. The fourth-order valence-corrected chi connectivity index (χ4v) is 2.72. The van der Waals surface area contributed by atoms with E-state index >= 15 is 0 Å². The molecule has 8 atom stereocenters. The zero-order valence-electron chi connectivity index (χ0n) is 13.0. The molecular weight excluding hydrogens is 312 g/mol. The second-order valence-electron chi connectivity index (χ2n) is 5.77. The van der Waals surface area contributed by atoms with Crippen LogP contribution in [-0.4, -0.2) is 94.6 Å². The van der Waals surface area contributed by atoms with Gasteiger partial charge >= 0.3 is 0 Å². The summed E-state index contributed by atoms with van der Waals surface area (Å²) >= 11 is 0.